The predicted molar refractivity (Wildman–Crippen MR) is 44.7 cm³/mol. The first-order chi connectivity index (χ1) is 5.22. The van der Waals surface area contributed by atoms with Gasteiger partial charge in [0.2, 0.25) is 0 Å². The monoisotopic (exact) mass is 150 g/mol. The highest BCUT2D eigenvalue weighted by molar-refractivity contribution is 5.19. The molecule has 0 fully saturated rings. The van der Waals surface area contributed by atoms with Crippen LogP contribution in [0, 0.1) is 6.92 Å². The quantitative estimate of drug-likeness (QED) is 0.657. The van der Waals surface area contributed by atoms with Gasteiger partial charge in [0, 0.05) is 0 Å². The van der Waals surface area contributed by atoms with Crippen molar-refractivity contribution in [3.8, 4) is 0 Å². The molecule has 2 nitrogen and oxygen atoms in total. The smallest absolute Gasteiger partial charge is 0.0733 e. The van der Waals surface area contributed by atoms with Gasteiger partial charge in [-0.25, -0.2) is 0 Å². The van der Waals surface area contributed by atoms with E-state index in [2.05, 4.69) is 6.92 Å². The molecule has 0 aliphatic rings. The van der Waals surface area contributed by atoms with Crippen molar-refractivity contribution in [2.75, 3.05) is 0 Å². The zero-order valence-electron chi connectivity index (χ0n) is 6.27. The van der Waals surface area contributed by atoms with Crippen LogP contribution < -0.4 is 5.73 Å². The lowest BCUT2D eigenvalue weighted by Gasteiger charge is -2.13. The van der Waals surface area contributed by atoms with Crippen LogP contribution in [0.25, 0.3) is 0 Å². The first-order valence-corrected chi connectivity index (χ1v) is 3.53. The van der Waals surface area contributed by atoms with Gasteiger partial charge < -0.3 is 10.8 Å². The first kappa shape index (κ1) is 8.24. The van der Waals surface area contributed by atoms with E-state index in [0.29, 0.717) is 0 Å². The second-order valence-electron chi connectivity index (χ2n) is 2.50. The summed E-state index contributed by atoms with van der Waals surface area (Å²) in [6.07, 6.45) is -0.739. The number of nitrogens with two attached hydrogens (primary N) is 1. The Balaban J connectivity index is 2.77. The fourth-order valence-corrected chi connectivity index (χ4v) is 0.897. The van der Waals surface area contributed by atoms with Gasteiger partial charge in [0.15, 0.2) is 0 Å². The highest BCUT2D eigenvalue weighted by Crippen LogP contribution is 2.12. The summed E-state index contributed by atoms with van der Waals surface area (Å²) in [5.41, 5.74) is 6.54. The van der Waals surface area contributed by atoms with Crippen molar-refractivity contribution < 1.29 is 5.11 Å². The molecule has 2 atom stereocenters. The summed E-state index contributed by atoms with van der Waals surface area (Å²) >= 11 is 0. The molecule has 1 rings (SSSR count). The van der Waals surface area contributed by atoms with E-state index in [1.807, 2.05) is 30.3 Å². The Bertz CT molecular complexity index is 208. The molecular formula is C9H12NO. The molecule has 2 unspecified atom stereocenters. The molecule has 0 bridgehead atoms. The van der Waals surface area contributed by atoms with Gasteiger partial charge in [-0.3, -0.25) is 0 Å². The van der Waals surface area contributed by atoms with E-state index in [1.165, 1.54) is 0 Å². The highest BCUT2D eigenvalue weighted by atomic mass is 16.3. The standard InChI is InChI=1S/C9H12NO/c1-7(11)9(10)8-5-3-2-4-6-8/h2-7,9,11H,1,10H2. The maximum atomic E-state index is 9.04. The summed E-state index contributed by atoms with van der Waals surface area (Å²) in [5, 5.41) is 9.04. The molecule has 0 aromatic heterocycles. The zero-order valence-corrected chi connectivity index (χ0v) is 6.27. The van der Waals surface area contributed by atoms with Gasteiger partial charge in [0.1, 0.15) is 0 Å². The summed E-state index contributed by atoms with van der Waals surface area (Å²) in [5.74, 6) is 0. The Kier molecular flexibility index (Phi) is 2.63. The molecule has 0 amide bonds. The van der Waals surface area contributed by atoms with Crippen LogP contribution in [0.1, 0.15) is 11.6 Å². The second kappa shape index (κ2) is 3.51. The Morgan fingerprint density at radius 1 is 1.27 bits per heavy atom. The topological polar surface area (TPSA) is 46.2 Å². The third-order valence-electron chi connectivity index (χ3n) is 1.60. The number of hydrogen-bond donors (Lipinski definition) is 2. The SMILES string of the molecule is [CH2]C(O)C(N)c1ccccc1. The van der Waals surface area contributed by atoms with Crippen molar-refractivity contribution in [1.82, 2.24) is 0 Å². The second-order valence-corrected chi connectivity index (χ2v) is 2.50. The Morgan fingerprint density at radius 2 is 1.82 bits per heavy atom. The molecule has 3 N–H and O–H groups in total. The molecule has 59 valence electrons. The summed E-state index contributed by atoms with van der Waals surface area (Å²) in [6.45, 7) is 3.45. The van der Waals surface area contributed by atoms with Crippen LogP contribution >= 0.6 is 0 Å². The maximum absolute atomic E-state index is 9.04. The number of aliphatic hydroxyl groups excluding tert-OH is 1. The van der Waals surface area contributed by atoms with Gasteiger partial charge >= 0.3 is 0 Å². The predicted octanol–water partition coefficient (Wildman–Crippen LogP) is 0.881. The molecule has 0 saturated heterocycles. The van der Waals surface area contributed by atoms with Crippen molar-refractivity contribution in [3.05, 3.63) is 42.8 Å². The molecule has 2 heteroatoms. The molecule has 0 heterocycles. The van der Waals surface area contributed by atoms with Gasteiger partial charge in [-0.15, -0.1) is 0 Å². The minimum Gasteiger partial charge on any atom is -0.391 e. The van der Waals surface area contributed by atoms with Crippen LogP contribution in [-0.4, -0.2) is 11.2 Å². The van der Waals surface area contributed by atoms with Gasteiger partial charge in [0.05, 0.1) is 12.1 Å². The molecule has 1 aromatic rings. The van der Waals surface area contributed by atoms with Gasteiger partial charge in [-0.1, -0.05) is 30.3 Å². The highest BCUT2D eigenvalue weighted by Gasteiger charge is 2.10. The largest absolute Gasteiger partial charge is 0.391 e. The van der Waals surface area contributed by atoms with Crippen LogP contribution in [0.4, 0.5) is 0 Å². The van der Waals surface area contributed by atoms with E-state index in [9.17, 15) is 0 Å². The van der Waals surface area contributed by atoms with Gasteiger partial charge in [-0.2, -0.15) is 0 Å². The van der Waals surface area contributed by atoms with Crippen LogP contribution in [0.3, 0.4) is 0 Å². The first-order valence-electron chi connectivity index (χ1n) is 3.53. The Hall–Kier alpha value is -0.860. The average Bonchev–Trinajstić information content (AvgIpc) is 2.05. The maximum Gasteiger partial charge on any atom is 0.0733 e. The molecule has 0 aliphatic heterocycles. The van der Waals surface area contributed by atoms with Crippen LogP contribution in [0.5, 0.6) is 0 Å². The average molecular weight is 150 g/mol. The fraction of sp³-hybridized carbons (Fsp3) is 0.222. The lowest BCUT2D eigenvalue weighted by Crippen LogP contribution is -2.23. The summed E-state index contributed by atoms with van der Waals surface area (Å²) in [7, 11) is 0. The molecular weight excluding hydrogens is 138 g/mol. The van der Waals surface area contributed by atoms with E-state index < -0.39 is 6.10 Å². The molecule has 0 saturated carbocycles. The molecule has 1 aromatic carbocycles. The van der Waals surface area contributed by atoms with Crippen LogP contribution in [0.15, 0.2) is 30.3 Å². The van der Waals surface area contributed by atoms with Gasteiger partial charge in [-0.05, 0) is 12.5 Å². The van der Waals surface area contributed by atoms with Crippen LogP contribution in [-0.2, 0) is 0 Å². The third-order valence-corrected chi connectivity index (χ3v) is 1.60. The summed E-state index contributed by atoms with van der Waals surface area (Å²) < 4.78 is 0. The van der Waals surface area contributed by atoms with Crippen molar-refractivity contribution in [1.29, 1.82) is 0 Å². The zero-order chi connectivity index (χ0) is 8.27. The number of benzene rings is 1. The lowest BCUT2D eigenvalue weighted by molar-refractivity contribution is 0.189. The Labute approximate surface area is 66.7 Å². The van der Waals surface area contributed by atoms with E-state index >= 15 is 0 Å². The minimum atomic E-state index is -0.739. The van der Waals surface area contributed by atoms with Crippen molar-refractivity contribution in [2.24, 2.45) is 5.73 Å². The minimum absolute atomic E-state index is 0.379. The van der Waals surface area contributed by atoms with Crippen molar-refractivity contribution >= 4 is 0 Å². The lowest BCUT2D eigenvalue weighted by atomic mass is 10.0. The number of rotatable bonds is 2. The Morgan fingerprint density at radius 3 is 2.27 bits per heavy atom. The fourth-order valence-electron chi connectivity index (χ4n) is 0.897. The summed E-state index contributed by atoms with van der Waals surface area (Å²) in [6, 6.07) is 9.05. The van der Waals surface area contributed by atoms with E-state index in [4.69, 9.17) is 10.8 Å². The normalized spacial score (nSPS) is 15.9. The van der Waals surface area contributed by atoms with E-state index in [0.717, 1.165) is 5.56 Å². The molecule has 1 radical (unpaired) electrons. The summed E-state index contributed by atoms with van der Waals surface area (Å²) in [4.78, 5) is 0. The van der Waals surface area contributed by atoms with Crippen LogP contribution in [0.2, 0.25) is 0 Å². The van der Waals surface area contributed by atoms with Gasteiger partial charge in [0.25, 0.3) is 0 Å². The molecule has 0 aliphatic carbocycles. The molecule has 11 heavy (non-hydrogen) atoms. The molecule has 0 spiro atoms. The third kappa shape index (κ3) is 2.03. The van der Waals surface area contributed by atoms with Crippen molar-refractivity contribution in [3.63, 3.8) is 0 Å². The van der Waals surface area contributed by atoms with E-state index in [-0.39, 0.29) is 6.04 Å². The number of hydrogen-bond acceptors (Lipinski definition) is 2. The van der Waals surface area contributed by atoms with Crippen molar-refractivity contribution in [2.45, 2.75) is 12.1 Å². The number of aliphatic hydroxyl groups is 1. The van der Waals surface area contributed by atoms with E-state index in [1.54, 1.807) is 0 Å².